The second-order valence-corrected chi connectivity index (χ2v) is 4.73. The van der Waals surface area contributed by atoms with Gasteiger partial charge in [0, 0.05) is 20.2 Å². The molecule has 0 saturated heterocycles. The number of rotatable bonds is 1. The van der Waals surface area contributed by atoms with Crippen molar-refractivity contribution >= 4 is 37.6 Å². The molecule has 3 aromatic rings. The van der Waals surface area contributed by atoms with Gasteiger partial charge in [-0.25, -0.2) is 4.39 Å². The Morgan fingerprint density at radius 1 is 0.938 bits per heavy atom. The molecule has 2 heteroatoms. The molecule has 0 aliphatic carbocycles. The Hall–Kier alpha value is -1.67. The first-order chi connectivity index (χ1) is 7.88. The normalized spacial score (nSPS) is 11.8. The van der Waals surface area contributed by atoms with E-state index >= 15 is 0 Å². The number of hydrogen-bond donors (Lipinski definition) is 0. The van der Waals surface area contributed by atoms with E-state index in [-0.39, 0.29) is 0 Å². The van der Waals surface area contributed by atoms with E-state index in [4.69, 9.17) is 0 Å². The van der Waals surface area contributed by atoms with Gasteiger partial charge in [0.2, 0.25) is 0 Å². The first kappa shape index (κ1) is 9.55. The predicted octanol–water partition coefficient (Wildman–Crippen LogP) is 4.99. The molecular weight excluding hydrogens is 219 g/mol. The van der Waals surface area contributed by atoms with Gasteiger partial charge in [-0.15, -0.1) is 11.3 Å². The van der Waals surface area contributed by atoms with E-state index in [2.05, 4.69) is 18.2 Å². The molecule has 16 heavy (non-hydrogen) atoms. The largest absolute Gasteiger partial charge is 0.216 e. The fourth-order valence-electron chi connectivity index (χ4n) is 1.92. The monoisotopic (exact) mass is 228 g/mol. The Balaban J connectivity index is 2.39. The fourth-order valence-corrected chi connectivity index (χ4v) is 3.01. The van der Waals surface area contributed by atoms with Gasteiger partial charge in [-0.3, -0.25) is 0 Å². The van der Waals surface area contributed by atoms with Gasteiger partial charge >= 0.3 is 0 Å². The summed E-state index contributed by atoms with van der Waals surface area (Å²) in [6.07, 6.45) is 2.06. The second kappa shape index (κ2) is 3.72. The van der Waals surface area contributed by atoms with Crippen molar-refractivity contribution in [2.24, 2.45) is 0 Å². The molecule has 0 amide bonds. The van der Waals surface area contributed by atoms with E-state index in [9.17, 15) is 4.39 Å². The van der Waals surface area contributed by atoms with Crippen LogP contribution in [0, 0.1) is 0 Å². The lowest BCUT2D eigenvalue weighted by atomic mass is 10.1. The van der Waals surface area contributed by atoms with Gasteiger partial charge in [-0.2, -0.15) is 0 Å². The Kier molecular flexibility index (Phi) is 2.22. The number of fused-ring (bicyclic) bond motifs is 3. The summed E-state index contributed by atoms with van der Waals surface area (Å²) in [7, 11) is 0. The van der Waals surface area contributed by atoms with Gasteiger partial charge in [-0.1, -0.05) is 24.3 Å². The van der Waals surface area contributed by atoms with Crippen LogP contribution >= 0.6 is 11.3 Å². The minimum Gasteiger partial charge on any atom is -0.216 e. The Bertz CT molecular complexity index is 679. The molecule has 0 fully saturated rings. The lowest BCUT2D eigenvalue weighted by Gasteiger charge is -1.94. The summed E-state index contributed by atoms with van der Waals surface area (Å²) >= 11 is 1.77. The minimum absolute atomic E-state index is 0.579. The molecule has 78 valence electrons. The standard InChI is InChI=1S/C14H9FS/c15-8-7-10-5-6-14-12(9-10)11-3-1-2-4-13(11)16-14/h1-9H. The first-order valence-corrected chi connectivity index (χ1v) is 5.88. The maximum Gasteiger partial charge on any atom is 0.0872 e. The van der Waals surface area contributed by atoms with E-state index < -0.39 is 0 Å². The number of thiophene rings is 1. The molecule has 2 aromatic carbocycles. The highest BCUT2D eigenvalue weighted by Gasteiger charge is 2.03. The highest BCUT2D eigenvalue weighted by Crippen LogP contribution is 2.34. The van der Waals surface area contributed by atoms with Crippen molar-refractivity contribution in [2.45, 2.75) is 0 Å². The minimum atomic E-state index is 0.579. The molecule has 0 saturated carbocycles. The zero-order valence-corrected chi connectivity index (χ0v) is 9.30. The number of halogens is 1. The Morgan fingerprint density at radius 3 is 2.62 bits per heavy atom. The van der Waals surface area contributed by atoms with Crippen LogP contribution in [-0.2, 0) is 0 Å². The molecule has 0 radical (unpaired) electrons. The van der Waals surface area contributed by atoms with Crippen molar-refractivity contribution in [1.82, 2.24) is 0 Å². The van der Waals surface area contributed by atoms with Crippen LogP contribution in [0.3, 0.4) is 0 Å². The van der Waals surface area contributed by atoms with Crippen LogP contribution in [0.5, 0.6) is 0 Å². The summed E-state index contributed by atoms with van der Waals surface area (Å²) < 4.78 is 14.7. The molecular formula is C14H9FS. The molecule has 1 aromatic heterocycles. The molecule has 0 unspecified atom stereocenters. The van der Waals surface area contributed by atoms with Gasteiger partial charge < -0.3 is 0 Å². The topological polar surface area (TPSA) is 0 Å². The molecule has 0 bridgehead atoms. The van der Waals surface area contributed by atoms with E-state index in [1.54, 1.807) is 11.3 Å². The van der Waals surface area contributed by atoms with Crippen LogP contribution in [0.2, 0.25) is 0 Å². The summed E-state index contributed by atoms with van der Waals surface area (Å²) in [6.45, 7) is 0. The van der Waals surface area contributed by atoms with Crippen molar-refractivity contribution in [3.05, 3.63) is 54.4 Å². The number of hydrogen-bond acceptors (Lipinski definition) is 1. The molecule has 0 aliphatic rings. The number of benzene rings is 2. The Labute approximate surface area is 96.6 Å². The smallest absolute Gasteiger partial charge is 0.0872 e. The zero-order valence-electron chi connectivity index (χ0n) is 8.48. The molecule has 0 nitrogen and oxygen atoms in total. The third-order valence-corrected chi connectivity index (χ3v) is 3.81. The van der Waals surface area contributed by atoms with Crippen LogP contribution in [0.25, 0.3) is 26.2 Å². The van der Waals surface area contributed by atoms with Gasteiger partial charge in [0.15, 0.2) is 0 Å². The third-order valence-electron chi connectivity index (χ3n) is 2.66. The highest BCUT2D eigenvalue weighted by molar-refractivity contribution is 7.25. The van der Waals surface area contributed by atoms with Crippen LogP contribution in [0.4, 0.5) is 4.39 Å². The average Bonchev–Trinajstić information content (AvgIpc) is 2.68. The highest BCUT2D eigenvalue weighted by atomic mass is 32.1. The maximum atomic E-state index is 12.1. The van der Waals surface area contributed by atoms with E-state index in [0.717, 1.165) is 5.56 Å². The average molecular weight is 228 g/mol. The predicted molar refractivity (Wildman–Crippen MR) is 69.5 cm³/mol. The van der Waals surface area contributed by atoms with Crippen LogP contribution in [-0.4, -0.2) is 0 Å². The first-order valence-electron chi connectivity index (χ1n) is 5.06. The van der Waals surface area contributed by atoms with E-state index in [0.29, 0.717) is 6.33 Å². The fraction of sp³-hybridized carbons (Fsp3) is 0. The van der Waals surface area contributed by atoms with Crippen LogP contribution in [0.1, 0.15) is 5.56 Å². The molecule has 0 N–H and O–H groups in total. The van der Waals surface area contributed by atoms with E-state index in [1.165, 1.54) is 26.2 Å². The molecule has 0 aliphatic heterocycles. The quantitative estimate of drug-likeness (QED) is 0.550. The van der Waals surface area contributed by atoms with Crippen molar-refractivity contribution in [3.63, 3.8) is 0 Å². The van der Waals surface area contributed by atoms with Gasteiger partial charge in [0.1, 0.15) is 0 Å². The van der Waals surface area contributed by atoms with Crippen LogP contribution < -0.4 is 0 Å². The lowest BCUT2D eigenvalue weighted by molar-refractivity contribution is 0.727. The van der Waals surface area contributed by atoms with Crippen molar-refractivity contribution in [1.29, 1.82) is 0 Å². The molecule has 0 atom stereocenters. The van der Waals surface area contributed by atoms with Gasteiger partial charge in [0.05, 0.1) is 6.33 Å². The lowest BCUT2D eigenvalue weighted by Crippen LogP contribution is -1.70. The van der Waals surface area contributed by atoms with Crippen molar-refractivity contribution in [2.75, 3.05) is 0 Å². The van der Waals surface area contributed by atoms with E-state index in [1.807, 2.05) is 24.3 Å². The summed E-state index contributed by atoms with van der Waals surface area (Å²) in [5.41, 5.74) is 0.901. The molecule has 0 spiro atoms. The van der Waals surface area contributed by atoms with Crippen molar-refractivity contribution < 1.29 is 4.39 Å². The zero-order chi connectivity index (χ0) is 11.0. The second-order valence-electron chi connectivity index (χ2n) is 3.65. The van der Waals surface area contributed by atoms with Gasteiger partial charge in [-0.05, 0) is 29.8 Å². The van der Waals surface area contributed by atoms with Crippen LogP contribution in [0.15, 0.2) is 48.8 Å². The SMILES string of the molecule is FC=Cc1ccc2sc3ccccc3c2c1. The van der Waals surface area contributed by atoms with Crippen molar-refractivity contribution in [3.8, 4) is 0 Å². The molecule has 3 rings (SSSR count). The van der Waals surface area contributed by atoms with Gasteiger partial charge in [0.25, 0.3) is 0 Å². The summed E-state index contributed by atoms with van der Waals surface area (Å²) in [5, 5.41) is 2.45. The Morgan fingerprint density at radius 2 is 1.75 bits per heavy atom. The third kappa shape index (κ3) is 1.42. The summed E-state index contributed by atoms with van der Waals surface area (Å²) in [4.78, 5) is 0. The molecule has 1 heterocycles. The summed E-state index contributed by atoms with van der Waals surface area (Å²) in [6, 6.07) is 14.3. The maximum absolute atomic E-state index is 12.1. The summed E-state index contributed by atoms with van der Waals surface area (Å²) in [5.74, 6) is 0.